The van der Waals surface area contributed by atoms with E-state index in [1.165, 1.54) is 0 Å². The number of nitrogens with one attached hydrogen (secondary N) is 1. The third-order valence-corrected chi connectivity index (χ3v) is 3.59. The van der Waals surface area contributed by atoms with Crippen molar-refractivity contribution >= 4 is 11.6 Å². The summed E-state index contributed by atoms with van der Waals surface area (Å²) >= 11 is 0. The van der Waals surface area contributed by atoms with E-state index in [1.807, 2.05) is 74.4 Å². The Morgan fingerprint density at radius 3 is 2.48 bits per heavy atom. The molecule has 0 aromatic heterocycles. The maximum absolute atomic E-state index is 12.1. The number of hydrogen-bond donors (Lipinski definition) is 1. The summed E-state index contributed by atoms with van der Waals surface area (Å²) in [5.74, 6) is 0.589. The number of hydrogen-bond acceptors (Lipinski definition) is 3. The summed E-state index contributed by atoms with van der Waals surface area (Å²) in [6, 6.07) is 15.8. The van der Waals surface area contributed by atoms with Crippen molar-refractivity contribution in [3.05, 3.63) is 59.7 Å². The van der Waals surface area contributed by atoms with Gasteiger partial charge >= 0.3 is 0 Å². The Kier molecular flexibility index (Phi) is 5.63. The Morgan fingerprint density at radius 1 is 1.17 bits per heavy atom. The van der Waals surface area contributed by atoms with Crippen LogP contribution in [0.1, 0.15) is 18.1 Å². The van der Waals surface area contributed by atoms with Crippen molar-refractivity contribution in [2.75, 3.05) is 19.0 Å². The van der Waals surface area contributed by atoms with Crippen LogP contribution in [-0.2, 0) is 11.3 Å². The number of benzene rings is 2. The molecule has 0 bridgehead atoms. The van der Waals surface area contributed by atoms with Crippen molar-refractivity contribution in [3.63, 3.8) is 0 Å². The van der Waals surface area contributed by atoms with Crippen LogP contribution >= 0.6 is 0 Å². The molecular formula is C19H24N2O2. The second-order valence-electron chi connectivity index (χ2n) is 5.86. The molecule has 2 aromatic carbocycles. The Bertz CT molecular complexity index is 651. The van der Waals surface area contributed by atoms with Crippen molar-refractivity contribution in [3.8, 4) is 5.75 Å². The van der Waals surface area contributed by atoms with Gasteiger partial charge in [0.2, 0.25) is 0 Å². The first-order valence-corrected chi connectivity index (χ1v) is 7.73. The molecule has 0 heterocycles. The van der Waals surface area contributed by atoms with Gasteiger partial charge in [0, 0.05) is 26.3 Å². The number of carbonyl (C=O) groups is 1. The predicted octanol–water partition coefficient (Wildman–Crippen LogP) is 3.14. The molecule has 0 fully saturated rings. The Morgan fingerprint density at radius 2 is 1.87 bits per heavy atom. The summed E-state index contributed by atoms with van der Waals surface area (Å²) in [7, 11) is 4.00. The molecule has 0 aliphatic heterocycles. The summed E-state index contributed by atoms with van der Waals surface area (Å²) in [4.78, 5) is 14.2. The first-order valence-electron chi connectivity index (χ1n) is 7.73. The van der Waals surface area contributed by atoms with E-state index in [-0.39, 0.29) is 5.91 Å². The van der Waals surface area contributed by atoms with Gasteiger partial charge in [-0.1, -0.05) is 24.3 Å². The molecule has 1 N–H and O–H groups in total. The van der Waals surface area contributed by atoms with Gasteiger partial charge in [-0.2, -0.15) is 0 Å². The third-order valence-electron chi connectivity index (χ3n) is 3.59. The zero-order valence-electron chi connectivity index (χ0n) is 14.2. The van der Waals surface area contributed by atoms with Crippen LogP contribution in [0.4, 0.5) is 5.69 Å². The minimum atomic E-state index is -0.530. The fourth-order valence-electron chi connectivity index (χ4n) is 2.19. The predicted molar refractivity (Wildman–Crippen MR) is 93.9 cm³/mol. The molecule has 4 heteroatoms. The lowest BCUT2D eigenvalue weighted by molar-refractivity contribution is -0.127. The van der Waals surface area contributed by atoms with Gasteiger partial charge in [-0.05, 0) is 49.2 Å². The van der Waals surface area contributed by atoms with E-state index in [0.29, 0.717) is 12.3 Å². The number of amides is 1. The number of ether oxygens (including phenoxy) is 1. The number of aryl methyl sites for hydroxylation is 1. The van der Waals surface area contributed by atoms with Crippen LogP contribution in [0.5, 0.6) is 5.75 Å². The number of carbonyl (C=O) groups excluding carboxylic acids is 1. The summed E-state index contributed by atoms with van der Waals surface area (Å²) in [6.07, 6.45) is -0.530. The lowest BCUT2D eigenvalue weighted by Gasteiger charge is -2.16. The van der Waals surface area contributed by atoms with Crippen LogP contribution in [0.2, 0.25) is 0 Å². The molecule has 122 valence electrons. The summed E-state index contributed by atoms with van der Waals surface area (Å²) in [6.45, 7) is 4.25. The normalized spacial score (nSPS) is 11.7. The van der Waals surface area contributed by atoms with Crippen LogP contribution in [0.25, 0.3) is 0 Å². The van der Waals surface area contributed by atoms with Gasteiger partial charge in [0.1, 0.15) is 5.75 Å². The first-order chi connectivity index (χ1) is 11.0. The molecule has 4 nitrogen and oxygen atoms in total. The zero-order valence-corrected chi connectivity index (χ0v) is 14.2. The average molecular weight is 312 g/mol. The number of anilines is 1. The first kappa shape index (κ1) is 16.9. The third kappa shape index (κ3) is 5.02. The highest BCUT2D eigenvalue weighted by Crippen LogP contribution is 2.15. The molecule has 0 aliphatic carbocycles. The largest absolute Gasteiger partial charge is 0.481 e. The standard InChI is InChI=1S/C19H24N2O2/c1-14-6-5-7-18(12-14)23-15(2)19(22)20-13-16-8-10-17(11-9-16)21(3)4/h5-12,15H,13H2,1-4H3,(H,20,22). The molecule has 23 heavy (non-hydrogen) atoms. The molecule has 0 saturated heterocycles. The minimum absolute atomic E-state index is 0.122. The Labute approximate surface area is 138 Å². The zero-order chi connectivity index (χ0) is 16.8. The summed E-state index contributed by atoms with van der Waals surface area (Å²) in [5.41, 5.74) is 3.30. The SMILES string of the molecule is Cc1cccc(OC(C)C(=O)NCc2ccc(N(C)C)cc2)c1. The highest BCUT2D eigenvalue weighted by atomic mass is 16.5. The maximum Gasteiger partial charge on any atom is 0.261 e. The Hall–Kier alpha value is -2.49. The molecule has 2 aromatic rings. The van der Waals surface area contributed by atoms with Crippen LogP contribution in [0.3, 0.4) is 0 Å². The van der Waals surface area contributed by atoms with Crippen molar-refractivity contribution in [1.82, 2.24) is 5.32 Å². The molecule has 0 spiro atoms. The van der Waals surface area contributed by atoms with Crippen molar-refractivity contribution in [1.29, 1.82) is 0 Å². The van der Waals surface area contributed by atoms with Gasteiger partial charge in [0.15, 0.2) is 6.10 Å². The second kappa shape index (κ2) is 7.68. The van der Waals surface area contributed by atoms with Gasteiger partial charge in [-0.25, -0.2) is 0 Å². The average Bonchev–Trinajstić information content (AvgIpc) is 2.53. The van der Waals surface area contributed by atoms with E-state index >= 15 is 0 Å². The lowest BCUT2D eigenvalue weighted by atomic mass is 10.2. The lowest BCUT2D eigenvalue weighted by Crippen LogP contribution is -2.35. The molecule has 0 aliphatic rings. The fraction of sp³-hybridized carbons (Fsp3) is 0.316. The van der Waals surface area contributed by atoms with Crippen LogP contribution in [-0.4, -0.2) is 26.1 Å². The molecular weight excluding hydrogens is 288 g/mol. The van der Waals surface area contributed by atoms with Gasteiger partial charge in [-0.15, -0.1) is 0 Å². The van der Waals surface area contributed by atoms with Crippen LogP contribution in [0, 0.1) is 6.92 Å². The van der Waals surface area contributed by atoms with E-state index < -0.39 is 6.10 Å². The number of rotatable bonds is 6. The molecule has 0 radical (unpaired) electrons. The molecule has 1 unspecified atom stereocenters. The van der Waals surface area contributed by atoms with Gasteiger partial charge in [-0.3, -0.25) is 4.79 Å². The highest BCUT2D eigenvalue weighted by Gasteiger charge is 2.14. The summed E-state index contributed by atoms with van der Waals surface area (Å²) < 4.78 is 5.68. The topological polar surface area (TPSA) is 41.6 Å². The van der Waals surface area contributed by atoms with Gasteiger partial charge in [0.25, 0.3) is 5.91 Å². The maximum atomic E-state index is 12.1. The van der Waals surface area contributed by atoms with E-state index in [2.05, 4.69) is 5.32 Å². The minimum Gasteiger partial charge on any atom is -0.481 e. The van der Waals surface area contributed by atoms with Crippen LogP contribution < -0.4 is 15.0 Å². The van der Waals surface area contributed by atoms with Crippen molar-refractivity contribution in [2.24, 2.45) is 0 Å². The molecule has 1 atom stereocenters. The van der Waals surface area contributed by atoms with E-state index in [0.717, 1.165) is 16.8 Å². The number of nitrogens with zero attached hydrogens (tertiary/aromatic N) is 1. The van der Waals surface area contributed by atoms with Gasteiger partial charge < -0.3 is 15.0 Å². The quantitative estimate of drug-likeness (QED) is 0.891. The van der Waals surface area contributed by atoms with Gasteiger partial charge in [0.05, 0.1) is 0 Å². The van der Waals surface area contributed by atoms with E-state index in [4.69, 9.17) is 4.74 Å². The smallest absolute Gasteiger partial charge is 0.261 e. The van der Waals surface area contributed by atoms with E-state index in [1.54, 1.807) is 6.92 Å². The van der Waals surface area contributed by atoms with Crippen molar-refractivity contribution < 1.29 is 9.53 Å². The molecule has 2 rings (SSSR count). The monoisotopic (exact) mass is 312 g/mol. The molecule has 1 amide bonds. The fourth-order valence-corrected chi connectivity index (χ4v) is 2.19. The van der Waals surface area contributed by atoms with Crippen LogP contribution in [0.15, 0.2) is 48.5 Å². The van der Waals surface area contributed by atoms with Crippen molar-refractivity contribution in [2.45, 2.75) is 26.5 Å². The Balaban J connectivity index is 1.86. The highest BCUT2D eigenvalue weighted by molar-refractivity contribution is 5.80. The van der Waals surface area contributed by atoms with E-state index in [9.17, 15) is 4.79 Å². The summed E-state index contributed by atoms with van der Waals surface area (Å²) in [5, 5.41) is 2.90. The second-order valence-corrected chi connectivity index (χ2v) is 5.86. The molecule has 0 saturated carbocycles.